The number of benzene rings is 2. The minimum Gasteiger partial charge on any atom is -0.459 e. The first-order chi connectivity index (χ1) is 11.7. The molecule has 0 radical (unpaired) electrons. The van der Waals surface area contributed by atoms with Crippen LogP contribution in [0.15, 0.2) is 74.7 Å². The SMILES string of the molecule is Cc1ccc(C2=NNC(c3ccc(-c4ccc(Br)cc4)o3)C2)cc1. The first kappa shape index (κ1) is 15.2. The largest absolute Gasteiger partial charge is 0.459 e. The summed E-state index contributed by atoms with van der Waals surface area (Å²) < 4.78 is 7.11. The number of hydrogen-bond donors (Lipinski definition) is 1. The Labute approximate surface area is 149 Å². The van der Waals surface area contributed by atoms with Gasteiger partial charge in [0.05, 0.1) is 5.71 Å². The molecule has 0 saturated heterocycles. The second kappa shape index (κ2) is 6.29. The highest BCUT2D eigenvalue weighted by molar-refractivity contribution is 9.10. The Bertz CT molecular complexity index is 879. The molecule has 0 aliphatic carbocycles. The maximum Gasteiger partial charge on any atom is 0.134 e. The lowest BCUT2D eigenvalue weighted by atomic mass is 10.0. The molecule has 4 rings (SSSR count). The van der Waals surface area contributed by atoms with Crippen LogP contribution in [0.5, 0.6) is 0 Å². The van der Waals surface area contributed by atoms with E-state index in [2.05, 4.69) is 57.6 Å². The molecule has 1 aromatic heterocycles. The lowest BCUT2D eigenvalue weighted by Gasteiger charge is -2.06. The summed E-state index contributed by atoms with van der Waals surface area (Å²) in [5, 5.41) is 4.49. The van der Waals surface area contributed by atoms with Crippen molar-refractivity contribution in [2.75, 3.05) is 0 Å². The van der Waals surface area contributed by atoms with Gasteiger partial charge in [-0.05, 0) is 36.8 Å². The number of nitrogens with one attached hydrogen (secondary N) is 1. The zero-order valence-corrected chi connectivity index (χ0v) is 14.9. The van der Waals surface area contributed by atoms with E-state index in [9.17, 15) is 0 Å². The summed E-state index contributed by atoms with van der Waals surface area (Å²) in [5.41, 5.74) is 7.76. The number of halogens is 1. The summed E-state index contributed by atoms with van der Waals surface area (Å²) in [5.74, 6) is 1.79. The minimum atomic E-state index is 0.0884. The fourth-order valence-electron chi connectivity index (χ4n) is 2.84. The molecular formula is C20H17BrN2O. The van der Waals surface area contributed by atoms with Crippen LogP contribution in [0.3, 0.4) is 0 Å². The Morgan fingerprint density at radius 3 is 2.42 bits per heavy atom. The van der Waals surface area contributed by atoms with E-state index in [0.717, 1.165) is 39.3 Å². The molecule has 2 aromatic carbocycles. The molecule has 1 unspecified atom stereocenters. The van der Waals surface area contributed by atoms with Gasteiger partial charge in [-0.15, -0.1) is 0 Å². The zero-order valence-electron chi connectivity index (χ0n) is 13.3. The predicted molar refractivity (Wildman–Crippen MR) is 100 cm³/mol. The van der Waals surface area contributed by atoms with Crippen molar-refractivity contribution in [3.05, 3.63) is 82.0 Å². The summed E-state index contributed by atoms with van der Waals surface area (Å²) in [6.45, 7) is 2.09. The van der Waals surface area contributed by atoms with Crippen LogP contribution >= 0.6 is 15.9 Å². The first-order valence-corrected chi connectivity index (χ1v) is 8.73. The number of hydrazone groups is 1. The molecule has 3 aromatic rings. The van der Waals surface area contributed by atoms with Gasteiger partial charge in [0, 0.05) is 16.5 Å². The molecule has 2 heterocycles. The molecule has 0 amide bonds. The van der Waals surface area contributed by atoms with Gasteiger partial charge in [-0.3, -0.25) is 5.43 Å². The van der Waals surface area contributed by atoms with Gasteiger partial charge in [-0.2, -0.15) is 5.10 Å². The molecule has 24 heavy (non-hydrogen) atoms. The third-order valence-electron chi connectivity index (χ3n) is 4.24. The summed E-state index contributed by atoms with van der Waals surface area (Å²) >= 11 is 3.45. The Morgan fingerprint density at radius 2 is 1.67 bits per heavy atom. The van der Waals surface area contributed by atoms with E-state index >= 15 is 0 Å². The fourth-order valence-corrected chi connectivity index (χ4v) is 3.11. The highest BCUT2D eigenvalue weighted by Crippen LogP contribution is 2.30. The zero-order chi connectivity index (χ0) is 16.5. The van der Waals surface area contributed by atoms with Crippen molar-refractivity contribution in [3.63, 3.8) is 0 Å². The van der Waals surface area contributed by atoms with Crippen molar-refractivity contribution >= 4 is 21.6 Å². The van der Waals surface area contributed by atoms with Gasteiger partial charge < -0.3 is 4.42 Å². The van der Waals surface area contributed by atoms with E-state index in [1.807, 2.05) is 36.4 Å². The molecule has 3 nitrogen and oxygen atoms in total. The van der Waals surface area contributed by atoms with Crippen molar-refractivity contribution in [2.45, 2.75) is 19.4 Å². The lowest BCUT2D eigenvalue weighted by Crippen LogP contribution is -2.08. The molecule has 1 aliphatic rings. The van der Waals surface area contributed by atoms with Crippen molar-refractivity contribution in [1.29, 1.82) is 0 Å². The Morgan fingerprint density at radius 1 is 0.958 bits per heavy atom. The number of nitrogens with zero attached hydrogens (tertiary/aromatic N) is 1. The molecule has 0 fully saturated rings. The second-order valence-electron chi connectivity index (χ2n) is 6.02. The van der Waals surface area contributed by atoms with Crippen molar-refractivity contribution in [2.24, 2.45) is 5.10 Å². The van der Waals surface area contributed by atoms with Gasteiger partial charge in [0.25, 0.3) is 0 Å². The normalized spacial score (nSPS) is 16.8. The van der Waals surface area contributed by atoms with Crippen LogP contribution in [0.25, 0.3) is 11.3 Å². The van der Waals surface area contributed by atoms with Crippen molar-refractivity contribution in [1.82, 2.24) is 5.43 Å². The summed E-state index contributed by atoms with van der Waals surface area (Å²) in [7, 11) is 0. The van der Waals surface area contributed by atoms with E-state index in [1.54, 1.807) is 0 Å². The average molecular weight is 381 g/mol. The molecule has 0 bridgehead atoms. The molecule has 0 saturated carbocycles. The number of aryl methyl sites for hydroxylation is 1. The standard InChI is InChI=1S/C20H17BrN2O/c1-13-2-4-14(5-3-13)17-12-18(23-22-17)20-11-10-19(24-20)15-6-8-16(21)9-7-15/h2-11,18,23H,12H2,1H3. The maximum absolute atomic E-state index is 6.05. The smallest absolute Gasteiger partial charge is 0.134 e. The van der Waals surface area contributed by atoms with E-state index in [-0.39, 0.29) is 6.04 Å². The van der Waals surface area contributed by atoms with Crippen LogP contribution in [-0.2, 0) is 0 Å². The summed E-state index contributed by atoms with van der Waals surface area (Å²) in [6.07, 6.45) is 0.830. The lowest BCUT2D eigenvalue weighted by molar-refractivity contribution is 0.448. The molecule has 120 valence electrons. The molecule has 4 heteroatoms. The highest BCUT2D eigenvalue weighted by Gasteiger charge is 2.24. The highest BCUT2D eigenvalue weighted by atomic mass is 79.9. The average Bonchev–Trinajstić information content (AvgIpc) is 3.25. The van der Waals surface area contributed by atoms with E-state index < -0.39 is 0 Å². The first-order valence-electron chi connectivity index (χ1n) is 7.94. The maximum atomic E-state index is 6.05. The van der Waals surface area contributed by atoms with Gasteiger partial charge in [0.1, 0.15) is 17.6 Å². The number of hydrogen-bond acceptors (Lipinski definition) is 3. The van der Waals surface area contributed by atoms with Gasteiger partial charge in [0.15, 0.2) is 0 Å². The van der Waals surface area contributed by atoms with Gasteiger partial charge in [-0.25, -0.2) is 0 Å². The van der Waals surface area contributed by atoms with E-state index in [1.165, 1.54) is 5.56 Å². The third kappa shape index (κ3) is 3.02. The van der Waals surface area contributed by atoms with Crippen LogP contribution in [0.1, 0.15) is 29.3 Å². The molecule has 1 N–H and O–H groups in total. The topological polar surface area (TPSA) is 37.5 Å². The Kier molecular flexibility index (Phi) is 3.98. The van der Waals surface area contributed by atoms with Crippen molar-refractivity contribution < 1.29 is 4.42 Å². The Hall–Kier alpha value is -2.33. The second-order valence-corrected chi connectivity index (χ2v) is 6.93. The Balaban J connectivity index is 1.50. The monoisotopic (exact) mass is 380 g/mol. The summed E-state index contributed by atoms with van der Waals surface area (Å²) in [4.78, 5) is 0. The molecule has 1 atom stereocenters. The van der Waals surface area contributed by atoms with Crippen LogP contribution in [-0.4, -0.2) is 5.71 Å². The van der Waals surface area contributed by atoms with Crippen molar-refractivity contribution in [3.8, 4) is 11.3 Å². The molecule has 1 aliphatic heterocycles. The van der Waals surface area contributed by atoms with Crippen LogP contribution in [0.2, 0.25) is 0 Å². The fraction of sp³-hybridized carbons (Fsp3) is 0.150. The quantitative estimate of drug-likeness (QED) is 0.655. The summed E-state index contributed by atoms with van der Waals surface area (Å²) in [6, 6.07) is 20.7. The van der Waals surface area contributed by atoms with E-state index in [4.69, 9.17) is 4.42 Å². The number of furan rings is 1. The minimum absolute atomic E-state index is 0.0884. The third-order valence-corrected chi connectivity index (χ3v) is 4.77. The van der Waals surface area contributed by atoms with E-state index in [0.29, 0.717) is 0 Å². The van der Waals surface area contributed by atoms with Gasteiger partial charge in [-0.1, -0.05) is 57.9 Å². The number of rotatable bonds is 3. The van der Waals surface area contributed by atoms with Crippen LogP contribution in [0.4, 0.5) is 0 Å². The van der Waals surface area contributed by atoms with Gasteiger partial charge >= 0.3 is 0 Å². The predicted octanol–water partition coefficient (Wildman–Crippen LogP) is 5.46. The van der Waals surface area contributed by atoms with Gasteiger partial charge in [0.2, 0.25) is 0 Å². The molecular weight excluding hydrogens is 364 g/mol. The van der Waals surface area contributed by atoms with Crippen LogP contribution in [0, 0.1) is 6.92 Å². The molecule has 0 spiro atoms. The van der Waals surface area contributed by atoms with Crippen LogP contribution < -0.4 is 5.43 Å².